The summed E-state index contributed by atoms with van der Waals surface area (Å²) in [5.41, 5.74) is 1.72. The highest BCUT2D eigenvalue weighted by Gasteiger charge is 2.21. The molecule has 1 nitrogen and oxygen atoms in total. The lowest BCUT2D eigenvalue weighted by atomic mass is 9.86. The molecule has 0 heterocycles. The Morgan fingerprint density at radius 2 is 1.81 bits per heavy atom. The van der Waals surface area contributed by atoms with Gasteiger partial charge in [-0.3, -0.25) is 4.79 Å². The van der Waals surface area contributed by atoms with Crippen molar-refractivity contribution >= 4 is 5.78 Å². The van der Waals surface area contributed by atoms with Crippen LogP contribution in [-0.2, 0) is 0 Å². The molecule has 88 valence electrons. The van der Waals surface area contributed by atoms with Gasteiger partial charge >= 0.3 is 0 Å². The Kier molecular flexibility index (Phi) is 3.51. The van der Waals surface area contributed by atoms with Gasteiger partial charge in [-0.1, -0.05) is 26.8 Å². The molecule has 0 fully saturated rings. The number of carbonyl (C=O) groups is 1. The van der Waals surface area contributed by atoms with Crippen molar-refractivity contribution in [1.29, 1.82) is 0 Å². The van der Waals surface area contributed by atoms with E-state index in [1.165, 1.54) is 6.07 Å². The average Bonchev–Trinajstić information content (AvgIpc) is 1.96. The first-order valence-electron chi connectivity index (χ1n) is 5.50. The molecule has 0 aliphatic rings. The zero-order valence-corrected chi connectivity index (χ0v) is 10.6. The molecule has 0 aliphatic carbocycles. The van der Waals surface area contributed by atoms with Crippen LogP contribution < -0.4 is 0 Å². The fourth-order valence-corrected chi connectivity index (χ4v) is 1.84. The summed E-state index contributed by atoms with van der Waals surface area (Å²) < 4.78 is 13.7. The Hall–Kier alpha value is -1.18. The van der Waals surface area contributed by atoms with Crippen LogP contribution in [0, 0.1) is 25.1 Å². The summed E-state index contributed by atoms with van der Waals surface area (Å²) in [6.45, 7) is 9.55. The maximum atomic E-state index is 13.7. The Morgan fingerprint density at radius 3 is 2.25 bits per heavy atom. The van der Waals surface area contributed by atoms with Crippen LogP contribution in [0.3, 0.4) is 0 Å². The number of halogens is 1. The zero-order chi connectivity index (χ0) is 12.5. The van der Waals surface area contributed by atoms with E-state index in [1.54, 1.807) is 6.92 Å². The molecular weight excluding hydrogens is 203 g/mol. The summed E-state index contributed by atoms with van der Waals surface area (Å²) in [6, 6.07) is 3.27. The summed E-state index contributed by atoms with van der Waals surface area (Å²) in [5, 5.41) is 0. The number of aryl methyl sites for hydroxylation is 2. The minimum atomic E-state index is -0.397. The number of ketones is 1. The van der Waals surface area contributed by atoms with Crippen molar-refractivity contribution in [3.8, 4) is 0 Å². The molecule has 0 radical (unpaired) electrons. The van der Waals surface area contributed by atoms with Crippen LogP contribution in [0.15, 0.2) is 12.1 Å². The van der Waals surface area contributed by atoms with E-state index in [2.05, 4.69) is 0 Å². The predicted octanol–water partition coefficient (Wildman–Crippen LogP) is 4.06. The Bertz CT molecular complexity index is 390. The number of carbonyl (C=O) groups excluding carboxylic acids is 1. The van der Waals surface area contributed by atoms with E-state index in [0.29, 0.717) is 6.42 Å². The number of rotatable bonds is 2. The second-order valence-corrected chi connectivity index (χ2v) is 5.60. The Labute approximate surface area is 96.7 Å². The minimum Gasteiger partial charge on any atom is -0.294 e. The van der Waals surface area contributed by atoms with Gasteiger partial charge in [0.2, 0.25) is 0 Å². The molecule has 1 rings (SSSR count). The largest absolute Gasteiger partial charge is 0.294 e. The van der Waals surface area contributed by atoms with Gasteiger partial charge in [0.25, 0.3) is 0 Å². The quantitative estimate of drug-likeness (QED) is 0.689. The molecule has 0 atom stereocenters. The molecule has 0 spiro atoms. The number of benzene rings is 1. The molecule has 2 heteroatoms. The van der Waals surface area contributed by atoms with Crippen molar-refractivity contribution in [2.75, 3.05) is 0 Å². The lowest BCUT2D eigenvalue weighted by Gasteiger charge is -2.18. The van der Waals surface area contributed by atoms with Crippen molar-refractivity contribution in [1.82, 2.24) is 0 Å². The third-order valence-electron chi connectivity index (χ3n) is 2.40. The van der Waals surface area contributed by atoms with Gasteiger partial charge in [-0.2, -0.15) is 0 Å². The van der Waals surface area contributed by atoms with Crippen LogP contribution in [0.1, 0.15) is 48.7 Å². The van der Waals surface area contributed by atoms with E-state index in [0.717, 1.165) is 11.1 Å². The SMILES string of the molecule is Cc1cc(C)c(C(=O)CC(C)(C)C)c(F)c1. The molecule has 1 aromatic carbocycles. The smallest absolute Gasteiger partial charge is 0.166 e. The highest BCUT2D eigenvalue weighted by molar-refractivity contribution is 5.98. The van der Waals surface area contributed by atoms with E-state index in [1.807, 2.05) is 33.8 Å². The van der Waals surface area contributed by atoms with E-state index < -0.39 is 5.82 Å². The molecule has 0 N–H and O–H groups in total. The normalized spacial score (nSPS) is 11.6. The van der Waals surface area contributed by atoms with Gasteiger partial charge in [-0.25, -0.2) is 4.39 Å². The molecule has 0 amide bonds. The fourth-order valence-electron chi connectivity index (χ4n) is 1.84. The zero-order valence-electron chi connectivity index (χ0n) is 10.6. The first kappa shape index (κ1) is 12.9. The fraction of sp³-hybridized carbons (Fsp3) is 0.500. The van der Waals surface area contributed by atoms with Crippen LogP contribution in [0.2, 0.25) is 0 Å². The maximum absolute atomic E-state index is 13.7. The monoisotopic (exact) mass is 222 g/mol. The molecule has 0 aromatic heterocycles. The lowest BCUT2D eigenvalue weighted by Crippen LogP contribution is -2.15. The molecule has 1 aromatic rings. The van der Waals surface area contributed by atoms with Crippen LogP contribution >= 0.6 is 0 Å². The highest BCUT2D eigenvalue weighted by atomic mass is 19.1. The number of hydrogen-bond acceptors (Lipinski definition) is 1. The first-order valence-corrected chi connectivity index (χ1v) is 5.50. The van der Waals surface area contributed by atoms with E-state index in [4.69, 9.17) is 0 Å². The van der Waals surface area contributed by atoms with Crippen molar-refractivity contribution < 1.29 is 9.18 Å². The summed E-state index contributed by atoms with van der Waals surface area (Å²) in [6.07, 6.45) is 0.369. The van der Waals surface area contributed by atoms with Gasteiger partial charge in [0.1, 0.15) is 5.82 Å². The third-order valence-corrected chi connectivity index (χ3v) is 2.40. The lowest BCUT2D eigenvalue weighted by molar-refractivity contribution is 0.0935. The molecular formula is C14H19FO. The topological polar surface area (TPSA) is 17.1 Å². The first-order chi connectivity index (χ1) is 7.20. The van der Waals surface area contributed by atoms with Gasteiger partial charge in [-0.05, 0) is 36.5 Å². The average molecular weight is 222 g/mol. The van der Waals surface area contributed by atoms with Crippen molar-refractivity contribution in [2.45, 2.75) is 41.0 Å². The highest BCUT2D eigenvalue weighted by Crippen LogP contribution is 2.24. The summed E-state index contributed by atoms with van der Waals surface area (Å²) in [5.74, 6) is -0.505. The molecule has 16 heavy (non-hydrogen) atoms. The Morgan fingerprint density at radius 1 is 1.25 bits per heavy atom. The molecule has 0 saturated heterocycles. The van der Waals surface area contributed by atoms with Gasteiger partial charge in [0, 0.05) is 6.42 Å². The molecule has 0 bridgehead atoms. The van der Waals surface area contributed by atoms with E-state index >= 15 is 0 Å². The van der Waals surface area contributed by atoms with Crippen molar-refractivity contribution in [2.24, 2.45) is 5.41 Å². The summed E-state index contributed by atoms with van der Waals surface area (Å²) >= 11 is 0. The van der Waals surface area contributed by atoms with Crippen LogP contribution in [-0.4, -0.2) is 5.78 Å². The van der Waals surface area contributed by atoms with Crippen molar-refractivity contribution in [3.05, 3.63) is 34.6 Å². The number of Topliss-reactive ketones (excluding diaryl/α,β-unsaturated/α-hetero) is 1. The minimum absolute atomic E-state index is 0.109. The van der Waals surface area contributed by atoms with E-state index in [9.17, 15) is 9.18 Å². The molecule has 0 aliphatic heterocycles. The summed E-state index contributed by atoms with van der Waals surface area (Å²) in [7, 11) is 0. The Balaban J connectivity index is 3.10. The van der Waals surface area contributed by atoms with Crippen LogP contribution in [0.5, 0.6) is 0 Å². The predicted molar refractivity (Wildman–Crippen MR) is 64.3 cm³/mol. The van der Waals surface area contributed by atoms with E-state index in [-0.39, 0.29) is 16.8 Å². The van der Waals surface area contributed by atoms with Crippen LogP contribution in [0.4, 0.5) is 4.39 Å². The molecule has 0 saturated carbocycles. The standard InChI is InChI=1S/C14H19FO/c1-9-6-10(2)13(11(15)7-9)12(16)8-14(3,4)5/h6-7H,8H2,1-5H3. The second kappa shape index (κ2) is 4.36. The van der Waals surface area contributed by atoms with Crippen molar-refractivity contribution in [3.63, 3.8) is 0 Å². The third kappa shape index (κ3) is 3.16. The summed E-state index contributed by atoms with van der Waals surface area (Å²) in [4.78, 5) is 12.0. The maximum Gasteiger partial charge on any atom is 0.166 e. The van der Waals surface area contributed by atoms with Gasteiger partial charge in [0.15, 0.2) is 5.78 Å². The van der Waals surface area contributed by atoms with Gasteiger partial charge < -0.3 is 0 Å². The van der Waals surface area contributed by atoms with Gasteiger partial charge in [-0.15, -0.1) is 0 Å². The van der Waals surface area contributed by atoms with Crippen LogP contribution in [0.25, 0.3) is 0 Å². The van der Waals surface area contributed by atoms with Gasteiger partial charge in [0.05, 0.1) is 5.56 Å². The number of hydrogen-bond donors (Lipinski definition) is 0. The second-order valence-electron chi connectivity index (χ2n) is 5.60. The molecule has 0 unspecified atom stereocenters.